The molecule has 1 aromatic heterocycles. The van der Waals surface area contributed by atoms with Crippen molar-refractivity contribution in [3.8, 4) is 0 Å². The molecule has 28 heavy (non-hydrogen) atoms. The van der Waals surface area contributed by atoms with Gasteiger partial charge in [0.25, 0.3) is 0 Å². The van der Waals surface area contributed by atoms with Crippen molar-refractivity contribution >= 4 is 17.6 Å². The third-order valence-corrected chi connectivity index (χ3v) is 4.61. The van der Waals surface area contributed by atoms with Crippen molar-refractivity contribution < 1.29 is 22.7 Å². The molecule has 1 N–H and O–H groups in total. The number of aromatic nitrogens is 2. The van der Waals surface area contributed by atoms with Crippen LogP contribution in [0.2, 0.25) is 0 Å². The van der Waals surface area contributed by atoms with Crippen molar-refractivity contribution in [2.45, 2.75) is 32.5 Å². The van der Waals surface area contributed by atoms with E-state index in [2.05, 4.69) is 10.4 Å². The summed E-state index contributed by atoms with van der Waals surface area (Å²) in [5, 5.41) is 7.04. The van der Waals surface area contributed by atoms with Crippen LogP contribution in [-0.4, -0.2) is 35.6 Å². The number of fused-ring (bicyclic) bond motifs is 1. The van der Waals surface area contributed by atoms with Crippen molar-refractivity contribution in [1.29, 1.82) is 0 Å². The van der Waals surface area contributed by atoms with Crippen LogP contribution in [0.4, 0.5) is 29.5 Å². The van der Waals surface area contributed by atoms with Gasteiger partial charge in [-0.05, 0) is 30.7 Å². The molecule has 1 aromatic carbocycles. The summed E-state index contributed by atoms with van der Waals surface area (Å²) in [5.41, 5.74) is -0.0419. The Morgan fingerprint density at radius 2 is 2.00 bits per heavy atom. The number of hydrogen-bond donors (Lipinski definition) is 1. The number of rotatable bonds is 6. The summed E-state index contributed by atoms with van der Waals surface area (Å²) in [6, 6.07) is 6.87. The highest BCUT2D eigenvalue weighted by atomic mass is 19.4. The van der Waals surface area contributed by atoms with Crippen molar-refractivity contribution in [2.24, 2.45) is 5.92 Å². The molecule has 0 saturated carbocycles. The number of carbonyl (C=O) groups excluding carboxylic acids is 1. The number of halogens is 3. The molecule has 6 nitrogen and oxygen atoms in total. The fourth-order valence-electron chi connectivity index (χ4n) is 3.13. The number of ether oxygens (including phenoxy) is 1. The molecule has 152 valence electrons. The van der Waals surface area contributed by atoms with E-state index in [9.17, 15) is 18.0 Å². The van der Waals surface area contributed by atoms with Gasteiger partial charge in [0.1, 0.15) is 5.82 Å². The van der Waals surface area contributed by atoms with Gasteiger partial charge < -0.3 is 15.0 Å². The summed E-state index contributed by atoms with van der Waals surface area (Å²) in [7, 11) is 0. The lowest BCUT2D eigenvalue weighted by atomic mass is 10.1. The van der Waals surface area contributed by atoms with Crippen LogP contribution in [-0.2, 0) is 17.5 Å². The maximum atomic E-state index is 12.8. The molecule has 3 rings (SSSR count). The Labute approximate surface area is 161 Å². The van der Waals surface area contributed by atoms with Crippen LogP contribution >= 0.6 is 0 Å². The molecule has 2 heterocycles. The summed E-state index contributed by atoms with van der Waals surface area (Å²) < 4.78 is 45.3. The van der Waals surface area contributed by atoms with E-state index in [0.29, 0.717) is 31.9 Å². The minimum atomic E-state index is -4.37. The Kier molecular flexibility index (Phi) is 6.11. The van der Waals surface area contributed by atoms with E-state index in [1.807, 2.05) is 17.9 Å². The number of amides is 1. The predicted octanol–water partition coefficient (Wildman–Crippen LogP) is 4.20. The normalized spacial score (nSPS) is 16.6. The minimum Gasteiger partial charge on any atom is -0.450 e. The summed E-state index contributed by atoms with van der Waals surface area (Å²) >= 11 is 0. The summed E-state index contributed by atoms with van der Waals surface area (Å²) in [5.74, 6) is 0.843. The molecule has 0 bridgehead atoms. The average Bonchev–Trinajstić information content (AvgIpc) is 3.14. The number of carbonyl (C=O) groups is 1. The van der Waals surface area contributed by atoms with Crippen LogP contribution in [0.1, 0.15) is 25.3 Å². The molecule has 1 aliphatic rings. The van der Waals surface area contributed by atoms with Crippen molar-refractivity contribution in [2.75, 3.05) is 24.6 Å². The average molecular weight is 396 g/mol. The fourth-order valence-corrected chi connectivity index (χ4v) is 3.13. The van der Waals surface area contributed by atoms with E-state index in [-0.39, 0.29) is 5.92 Å². The Morgan fingerprint density at radius 3 is 2.68 bits per heavy atom. The first-order chi connectivity index (χ1) is 13.4. The first-order valence-corrected chi connectivity index (χ1v) is 9.25. The molecule has 1 atom stereocenters. The van der Waals surface area contributed by atoms with E-state index in [1.165, 1.54) is 12.1 Å². The number of alkyl carbamates (subject to hydrolysis) is 1. The molecule has 1 aliphatic heterocycles. The predicted molar refractivity (Wildman–Crippen MR) is 98.4 cm³/mol. The lowest BCUT2D eigenvalue weighted by Gasteiger charge is -2.35. The zero-order valence-electron chi connectivity index (χ0n) is 15.6. The Balaban J connectivity index is 1.68. The highest BCUT2D eigenvalue weighted by molar-refractivity contribution is 5.67. The molecule has 0 aliphatic carbocycles. The quantitative estimate of drug-likeness (QED) is 0.744. The van der Waals surface area contributed by atoms with Gasteiger partial charge in [-0.1, -0.05) is 13.3 Å². The lowest BCUT2D eigenvalue weighted by Crippen LogP contribution is -2.41. The van der Waals surface area contributed by atoms with Crippen LogP contribution in [0, 0.1) is 5.92 Å². The highest BCUT2D eigenvalue weighted by Crippen LogP contribution is 2.34. The van der Waals surface area contributed by atoms with E-state index in [1.54, 1.807) is 10.9 Å². The Bertz CT molecular complexity index is 789. The fraction of sp³-hybridized carbons (Fsp3) is 0.474. The van der Waals surface area contributed by atoms with E-state index >= 15 is 0 Å². The van der Waals surface area contributed by atoms with Gasteiger partial charge in [0, 0.05) is 37.3 Å². The Hall–Kier alpha value is -2.71. The number of unbranched alkanes of at least 4 members (excludes halogenated alkanes) is 1. The van der Waals surface area contributed by atoms with Gasteiger partial charge in [0.15, 0.2) is 0 Å². The van der Waals surface area contributed by atoms with Gasteiger partial charge in [-0.15, -0.1) is 0 Å². The van der Waals surface area contributed by atoms with Gasteiger partial charge in [-0.3, -0.25) is 0 Å². The molecular formula is C19H23F3N4O2. The van der Waals surface area contributed by atoms with Crippen LogP contribution in [0.15, 0.2) is 36.5 Å². The first-order valence-electron chi connectivity index (χ1n) is 9.25. The van der Waals surface area contributed by atoms with Crippen LogP contribution in [0.3, 0.4) is 0 Å². The minimum absolute atomic E-state index is 0.0356. The number of anilines is 2. The third kappa shape index (κ3) is 4.76. The maximum Gasteiger partial charge on any atom is 0.416 e. The second kappa shape index (κ2) is 8.53. The molecule has 9 heteroatoms. The summed E-state index contributed by atoms with van der Waals surface area (Å²) in [4.78, 5) is 13.7. The van der Waals surface area contributed by atoms with E-state index in [4.69, 9.17) is 4.74 Å². The first kappa shape index (κ1) is 20.0. The number of alkyl halides is 3. The van der Waals surface area contributed by atoms with E-state index in [0.717, 1.165) is 30.8 Å². The second-order valence-electron chi connectivity index (χ2n) is 6.76. The standard InChI is InChI=1S/C19H23F3N4O2/c1-2-3-10-28-18(27)23-11-14-12-25(17-8-9-24-26(17)13-14)16-6-4-15(5-7-16)19(20,21)22/h4-9,14H,2-3,10-13H2,1H3,(H,23,27). The molecule has 1 amide bonds. The van der Waals surface area contributed by atoms with Crippen LogP contribution in [0.5, 0.6) is 0 Å². The van der Waals surface area contributed by atoms with Crippen molar-refractivity contribution in [3.63, 3.8) is 0 Å². The number of nitrogens with one attached hydrogen (secondary N) is 1. The third-order valence-electron chi connectivity index (χ3n) is 4.61. The van der Waals surface area contributed by atoms with Crippen molar-refractivity contribution in [1.82, 2.24) is 15.1 Å². The van der Waals surface area contributed by atoms with Gasteiger partial charge in [0.05, 0.1) is 18.4 Å². The number of benzene rings is 1. The lowest BCUT2D eigenvalue weighted by molar-refractivity contribution is -0.137. The van der Waals surface area contributed by atoms with Crippen LogP contribution in [0.25, 0.3) is 0 Å². The molecule has 0 saturated heterocycles. The Morgan fingerprint density at radius 1 is 1.25 bits per heavy atom. The molecule has 0 radical (unpaired) electrons. The molecule has 1 unspecified atom stereocenters. The number of hydrogen-bond acceptors (Lipinski definition) is 4. The van der Waals surface area contributed by atoms with Gasteiger partial charge >= 0.3 is 12.3 Å². The molecule has 0 fully saturated rings. The maximum absolute atomic E-state index is 12.8. The molecule has 2 aromatic rings. The largest absolute Gasteiger partial charge is 0.450 e. The van der Waals surface area contributed by atoms with Crippen molar-refractivity contribution in [3.05, 3.63) is 42.1 Å². The highest BCUT2D eigenvalue weighted by Gasteiger charge is 2.31. The summed E-state index contributed by atoms with van der Waals surface area (Å²) in [6.45, 7) is 3.94. The monoisotopic (exact) mass is 396 g/mol. The topological polar surface area (TPSA) is 59.4 Å². The van der Waals surface area contributed by atoms with Crippen LogP contribution < -0.4 is 10.2 Å². The molecular weight excluding hydrogens is 373 g/mol. The zero-order valence-corrected chi connectivity index (χ0v) is 15.6. The van der Waals surface area contributed by atoms with Gasteiger partial charge in [-0.25, -0.2) is 9.48 Å². The smallest absolute Gasteiger partial charge is 0.416 e. The number of nitrogens with zero attached hydrogens (tertiary/aromatic N) is 3. The molecule has 0 spiro atoms. The zero-order chi connectivity index (χ0) is 20.1. The van der Waals surface area contributed by atoms with Gasteiger partial charge in [-0.2, -0.15) is 18.3 Å². The second-order valence-corrected chi connectivity index (χ2v) is 6.76. The summed E-state index contributed by atoms with van der Waals surface area (Å²) in [6.07, 6.45) is -1.41. The van der Waals surface area contributed by atoms with E-state index < -0.39 is 17.8 Å². The van der Waals surface area contributed by atoms with Gasteiger partial charge in [0.2, 0.25) is 0 Å². The SMILES string of the molecule is CCCCOC(=O)NCC1CN(c2ccc(C(F)(F)F)cc2)c2ccnn2C1.